The molecule has 0 atom stereocenters. The Hall–Kier alpha value is -2.55. The van der Waals surface area contributed by atoms with E-state index < -0.39 is 0 Å². The number of Topliss-reactive ketones (excluding diaryl/α,β-unsaturated/α-hetero) is 1. The first kappa shape index (κ1) is 14.4. The summed E-state index contributed by atoms with van der Waals surface area (Å²) in [6.45, 7) is 0. The predicted octanol–water partition coefficient (Wildman–Crippen LogP) is 4.38. The number of ether oxygens (including phenoxy) is 1. The van der Waals surface area contributed by atoms with Crippen LogP contribution in [0.2, 0.25) is 0 Å². The van der Waals surface area contributed by atoms with Crippen LogP contribution in [0.1, 0.15) is 28.8 Å². The summed E-state index contributed by atoms with van der Waals surface area (Å²) in [5, 5.41) is 1.25. The lowest BCUT2D eigenvalue weighted by Gasteiger charge is -2.03. The molecule has 22 heavy (non-hydrogen) atoms. The van der Waals surface area contributed by atoms with Crippen molar-refractivity contribution in [3.05, 3.63) is 65.9 Å². The summed E-state index contributed by atoms with van der Waals surface area (Å²) < 4.78 is 5.11. The molecule has 0 fully saturated rings. The highest BCUT2D eigenvalue weighted by Crippen LogP contribution is 2.20. The third-order valence-electron chi connectivity index (χ3n) is 3.94. The summed E-state index contributed by atoms with van der Waals surface area (Å²) in [6, 6.07) is 15.6. The largest absolute Gasteiger partial charge is 0.497 e. The number of carbonyl (C=O) groups is 1. The zero-order valence-electron chi connectivity index (χ0n) is 12.6. The fourth-order valence-corrected chi connectivity index (χ4v) is 2.70. The molecule has 3 aromatic rings. The molecule has 112 valence electrons. The van der Waals surface area contributed by atoms with Gasteiger partial charge in [0.05, 0.1) is 7.11 Å². The minimum Gasteiger partial charge on any atom is -0.497 e. The zero-order chi connectivity index (χ0) is 15.4. The second-order valence-corrected chi connectivity index (χ2v) is 5.36. The maximum atomic E-state index is 12.2. The molecule has 0 radical (unpaired) electrons. The number of nitrogens with one attached hydrogen (secondary N) is 1. The molecule has 0 aliphatic rings. The number of carbonyl (C=O) groups excluding carboxylic acids is 1. The van der Waals surface area contributed by atoms with E-state index in [1.54, 1.807) is 7.11 Å². The summed E-state index contributed by atoms with van der Waals surface area (Å²) in [5.41, 5.74) is 3.18. The number of hydrogen-bond acceptors (Lipinski definition) is 2. The lowest BCUT2D eigenvalue weighted by atomic mass is 10.0. The van der Waals surface area contributed by atoms with Crippen LogP contribution in [-0.4, -0.2) is 17.9 Å². The van der Waals surface area contributed by atoms with Crippen molar-refractivity contribution >= 4 is 16.7 Å². The van der Waals surface area contributed by atoms with Crippen molar-refractivity contribution < 1.29 is 9.53 Å². The quantitative estimate of drug-likeness (QED) is 0.685. The lowest BCUT2D eigenvalue weighted by molar-refractivity contribution is 0.0980. The number of methoxy groups -OCH3 is 1. The van der Waals surface area contributed by atoms with Gasteiger partial charge in [-0.3, -0.25) is 4.79 Å². The molecule has 3 nitrogen and oxygen atoms in total. The van der Waals surface area contributed by atoms with Crippen molar-refractivity contribution in [2.75, 3.05) is 7.11 Å². The number of ketones is 1. The summed E-state index contributed by atoms with van der Waals surface area (Å²) in [7, 11) is 1.62. The molecule has 3 heteroatoms. The highest BCUT2D eigenvalue weighted by molar-refractivity contribution is 5.96. The topological polar surface area (TPSA) is 42.1 Å². The van der Waals surface area contributed by atoms with Gasteiger partial charge in [-0.15, -0.1) is 0 Å². The molecule has 1 heterocycles. The van der Waals surface area contributed by atoms with Gasteiger partial charge in [-0.05, 0) is 48.7 Å². The predicted molar refractivity (Wildman–Crippen MR) is 88.6 cm³/mol. The Morgan fingerprint density at radius 1 is 1.09 bits per heavy atom. The molecule has 1 aromatic heterocycles. The van der Waals surface area contributed by atoms with Crippen molar-refractivity contribution in [1.29, 1.82) is 0 Å². The number of rotatable bonds is 6. The molecule has 0 unspecified atom stereocenters. The molecular formula is C19H19NO2. The first-order valence-electron chi connectivity index (χ1n) is 7.50. The molecular weight excluding hydrogens is 274 g/mol. The normalized spacial score (nSPS) is 10.8. The van der Waals surface area contributed by atoms with Crippen LogP contribution in [0.15, 0.2) is 54.7 Å². The van der Waals surface area contributed by atoms with Gasteiger partial charge in [-0.1, -0.05) is 18.2 Å². The van der Waals surface area contributed by atoms with E-state index in [0.717, 1.165) is 29.7 Å². The second kappa shape index (κ2) is 6.48. The van der Waals surface area contributed by atoms with Gasteiger partial charge in [0, 0.05) is 29.1 Å². The Bertz CT molecular complexity index is 771. The molecule has 0 amide bonds. The third kappa shape index (κ3) is 3.03. The molecule has 0 aliphatic heterocycles. The number of fused-ring (bicyclic) bond motifs is 1. The fraction of sp³-hybridized carbons (Fsp3) is 0.211. The number of hydrogen-bond donors (Lipinski definition) is 1. The zero-order valence-corrected chi connectivity index (χ0v) is 12.6. The molecule has 0 saturated carbocycles. The highest BCUT2D eigenvalue weighted by Gasteiger charge is 2.08. The number of para-hydroxylation sites is 1. The minimum absolute atomic E-state index is 0.183. The first-order chi connectivity index (χ1) is 10.8. The number of aryl methyl sites for hydroxylation is 1. The minimum atomic E-state index is 0.183. The van der Waals surface area contributed by atoms with Gasteiger partial charge in [0.25, 0.3) is 0 Å². The number of benzene rings is 2. The molecule has 1 N–H and O–H groups in total. The van der Waals surface area contributed by atoms with E-state index in [1.165, 1.54) is 10.9 Å². The van der Waals surface area contributed by atoms with E-state index in [1.807, 2.05) is 42.6 Å². The smallest absolute Gasteiger partial charge is 0.162 e. The van der Waals surface area contributed by atoms with Crippen LogP contribution in [-0.2, 0) is 6.42 Å². The Morgan fingerprint density at radius 3 is 2.64 bits per heavy atom. The maximum Gasteiger partial charge on any atom is 0.162 e. The van der Waals surface area contributed by atoms with Gasteiger partial charge < -0.3 is 9.72 Å². The molecule has 0 bridgehead atoms. The van der Waals surface area contributed by atoms with E-state index in [9.17, 15) is 4.79 Å². The third-order valence-corrected chi connectivity index (χ3v) is 3.94. The second-order valence-electron chi connectivity index (χ2n) is 5.36. The van der Waals surface area contributed by atoms with Crippen LogP contribution in [0.25, 0.3) is 10.9 Å². The molecule has 2 aromatic carbocycles. The average Bonchev–Trinajstić information content (AvgIpc) is 2.98. The van der Waals surface area contributed by atoms with Crippen LogP contribution < -0.4 is 4.74 Å². The highest BCUT2D eigenvalue weighted by atomic mass is 16.5. The van der Waals surface area contributed by atoms with Crippen LogP contribution in [0.5, 0.6) is 5.75 Å². The summed E-state index contributed by atoms with van der Waals surface area (Å²) in [5.74, 6) is 0.956. The standard InChI is InChI=1S/C19H19NO2/c1-22-16-11-9-14(10-12-16)19(21)8-4-5-15-13-20-18-7-3-2-6-17(15)18/h2-3,6-7,9-13,20H,4-5,8H2,1H3. The number of aromatic nitrogens is 1. The van der Waals surface area contributed by atoms with Gasteiger partial charge in [-0.25, -0.2) is 0 Å². The van der Waals surface area contributed by atoms with Gasteiger partial charge in [0.15, 0.2) is 5.78 Å². The van der Waals surface area contributed by atoms with E-state index >= 15 is 0 Å². The Morgan fingerprint density at radius 2 is 1.86 bits per heavy atom. The van der Waals surface area contributed by atoms with E-state index in [2.05, 4.69) is 17.1 Å². The Kier molecular flexibility index (Phi) is 4.24. The Labute approximate surface area is 129 Å². The summed E-state index contributed by atoms with van der Waals surface area (Å²) >= 11 is 0. The van der Waals surface area contributed by atoms with Gasteiger partial charge in [0.1, 0.15) is 5.75 Å². The molecule has 0 saturated heterocycles. The number of aromatic amines is 1. The lowest BCUT2D eigenvalue weighted by Crippen LogP contribution is -2.00. The van der Waals surface area contributed by atoms with E-state index in [4.69, 9.17) is 4.74 Å². The van der Waals surface area contributed by atoms with Crippen molar-refractivity contribution in [3.8, 4) is 5.75 Å². The SMILES string of the molecule is COc1ccc(C(=O)CCCc2c[nH]c3ccccc23)cc1. The van der Waals surface area contributed by atoms with Crippen molar-refractivity contribution in [2.24, 2.45) is 0 Å². The maximum absolute atomic E-state index is 12.2. The monoisotopic (exact) mass is 293 g/mol. The average molecular weight is 293 g/mol. The molecule has 0 aliphatic carbocycles. The van der Waals surface area contributed by atoms with Gasteiger partial charge in [-0.2, -0.15) is 0 Å². The van der Waals surface area contributed by atoms with Crippen molar-refractivity contribution in [2.45, 2.75) is 19.3 Å². The van der Waals surface area contributed by atoms with Crippen LogP contribution in [0, 0.1) is 0 Å². The molecule has 3 rings (SSSR count). The van der Waals surface area contributed by atoms with Crippen LogP contribution in [0.3, 0.4) is 0 Å². The van der Waals surface area contributed by atoms with E-state index in [-0.39, 0.29) is 5.78 Å². The van der Waals surface area contributed by atoms with E-state index in [0.29, 0.717) is 6.42 Å². The van der Waals surface area contributed by atoms with Crippen molar-refractivity contribution in [3.63, 3.8) is 0 Å². The molecule has 0 spiro atoms. The fourth-order valence-electron chi connectivity index (χ4n) is 2.70. The Balaban J connectivity index is 1.59. The van der Waals surface area contributed by atoms with Crippen molar-refractivity contribution in [1.82, 2.24) is 4.98 Å². The number of H-pyrrole nitrogens is 1. The summed E-state index contributed by atoms with van der Waals surface area (Å²) in [4.78, 5) is 15.5. The summed E-state index contributed by atoms with van der Waals surface area (Å²) in [6.07, 6.45) is 4.37. The van der Waals surface area contributed by atoms with Crippen LogP contribution in [0.4, 0.5) is 0 Å². The first-order valence-corrected chi connectivity index (χ1v) is 7.50. The van der Waals surface area contributed by atoms with Crippen LogP contribution >= 0.6 is 0 Å². The van der Waals surface area contributed by atoms with Gasteiger partial charge >= 0.3 is 0 Å². The van der Waals surface area contributed by atoms with Gasteiger partial charge in [0.2, 0.25) is 0 Å².